The van der Waals surface area contributed by atoms with E-state index >= 15 is 0 Å². The van der Waals surface area contributed by atoms with Gasteiger partial charge in [0.05, 0.1) is 6.61 Å². The molecule has 0 amide bonds. The summed E-state index contributed by atoms with van der Waals surface area (Å²) in [4.78, 5) is 24.2. The molecule has 45 heavy (non-hydrogen) atoms. The van der Waals surface area contributed by atoms with E-state index in [1.54, 1.807) is 0 Å². The topological polar surface area (TPSA) is 72.8 Å². The molecule has 0 aromatic carbocycles. The zero-order valence-electron chi connectivity index (χ0n) is 29.9. The smallest absolute Gasteiger partial charge is 0.306 e. The summed E-state index contributed by atoms with van der Waals surface area (Å²) in [6.45, 7) is 4.11. The first-order valence-electron chi connectivity index (χ1n) is 19.4. The Balaban J connectivity index is 3.54. The molecule has 1 unspecified atom stereocenters. The van der Waals surface area contributed by atoms with E-state index in [2.05, 4.69) is 38.2 Å². The molecule has 5 heteroatoms. The summed E-state index contributed by atoms with van der Waals surface area (Å²) in [6.07, 6.45) is 42.3. The average Bonchev–Trinajstić information content (AvgIpc) is 3.04. The van der Waals surface area contributed by atoms with Crippen LogP contribution in [0.15, 0.2) is 24.3 Å². The van der Waals surface area contributed by atoms with Crippen molar-refractivity contribution in [1.82, 2.24) is 0 Å². The molecule has 1 N–H and O–H groups in total. The molecule has 5 nitrogen and oxygen atoms in total. The van der Waals surface area contributed by atoms with Gasteiger partial charge >= 0.3 is 11.9 Å². The maximum Gasteiger partial charge on any atom is 0.306 e. The van der Waals surface area contributed by atoms with Crippen molar-refractivity contribution in [3.8, 4) is 0 Å². The minimum Gasteiger partial charge on any atom is -0.462 e. The quantitative estimate of drug-likeness (QED) is 0.0426. The molecule has 0 saturated heterocycles. The first kappa shape index (κ1) is 43.4. The van der Waals surface area contributed by atoms with Crippen LogP contribution in [0, 0.1) is 0 Å². The van der Waals surface area contributed by atoms with Crippen LogP contribution >= 0.6 is 0 Å². The first-order valence-corrected chi connectivity index (χ1v) is 19.4. The fourth-order valence-electron chi connectivity index (χ4n) is 5.53. The summed E-state index contributed by atoms with van der Waals surface area (Å²) in [5.41, 5.74) is 0. The van der Waals surface area contributed by atoms with Gasteiger partial charge < -0.3 is 14.6 Å². The molecule has 0 aromatic heterocycles. The normalized spacial score (nSPS) is 12.3. The molecule has 0 saturated carbocycles. The lowest BCUT2D eigenvalue weighted by Crippen LogP contribution is -2.28. The van der Waals surface area contributed by atoms with Crippen LogP contribution in [0.5, 0.6) is 0 Å². The molecule has 0 aliphatic rings. The Kier molecular flexibility index (Phi) is 35.5. The van der Waals surface area contributed by atoms with Crippen molar-refractivity contribution >= 4 is 11.9 Å². The highest BCUT2D eigenvalue weighted by molar-refractivity contribution is 5.70. The van der Waals surface area contributed by atoms with Gasteiger partial charge in [-0.25, -0.2) is 0 Å². The number of carbonyl (C=O) groups is 2. The van der Waals surface area contributed by atoms with Crippen molar-refractivity contribution in [3.63, 3.8) is 0 Å². The summed E-state index contributed by atoms with van der Waals surface area (Å²) in [5, 5.41) is 9.54. The van der Waals surface area contributed by atoms with Crippen molar-refractivity contribution in [2.75, 3.05) is 13.2 Å². The predicted octanol–water partition coefficient (Wildman–Crippen LogP) is 11.9. The maximum atomic E-state index is 12.2. The third kappa shape index (κ3) is 35.1. The molecule has 0 rings (SSSR count). The van der Waals surface area contributed by atoms with Gasteiger partial charge in [0, 0.05) is 12.8 Å². The number of aliphatic hydroxyl groups excluding tert-OH is 1. The Morgan fingerprint density at radius 2 is 0.889 bits per heavy atom. The van der Waals surface area contributed by atoms with Gasteiger partial charge in [-0.05, 0) is 44.9 Å². The molecule has 0 fully saturated rings. The molecule has 0 heterocycles. The van der Waals surface area contributed by atoms with Gasteiger partial charge in [0.2, 0.25) is 0 Å². The number of esters is 2. The van der Waals surface area contributed by atoms with Crippen molar-refractivity contribution in [2.45, 2.75) is 206 Å². The number of ether oxygens (including phenoxy) is 2. The second-order valence-corrected chi connectivity index (χ2v) is 13.0. The van der Waals surface area contributed by atoms with Crippen LogP contribution in [0.1, 0.15) is 200 Å². The molecule has 0 radical (unpaired) electrons. The van der Waals surface area contributed by atoms with Gasteiger partial charge in [-0.2, -0.15) is 0 Å². The molecule has 0 aliphatic carbocycles. The minimum atomic E-state index is -0.768. The number of rotatable bonds is 35. The zero-order valence-corrected chi connectivity index (χ0v) is 29.9. The van der Waals surface area contributed by atoms with Gasteiger partial charge in [0.15, 0.2) is 6.10 Å². The van der Waals surface area contributed by atoms with Crippen molar-refractivity contribution < 1.29 is 24.2 Å². The lowest BCUT2D eigenvalue weighted by molar-refractivity contribution is -0.161. The third-order valence-electron chi connectivity index (χ3n) is 8.50. The van der Waals surface area contributed by atoms with Crippen molar-refractivity contribution in [3.05, 3.63) is 24.3 Å². The molecule has 0 aliphatic heterocycles. The minimum absolute atomic E-state index is 0.0633. The van der Waals surface area contributed by atoms with Gasteiger partial charge in [0.25, 0.3) is 0 Å². The highest BCUT2D eigenvalue weighted by atomic mass is 16.6. The number of hydrogen-bond acceptors (Lipinski definition) is 5. The van der Waals surface area contributed by atoms with E-state index in [1.165, 1.54) is 128 Å². The van der Waals surface area contributed by atoms with Crippen molar-refractivity contribution in [1.29, 1.82) is 0 Å². The molecular weight excluding hydrogens is 560 g/mol. The fourth-order valence-corrected chi connectivity index (χ4v) is 5.53. The number of allylic oxidation sites excluding steroid dienone is 4. The summed E-state index contributed by atoms with van der Waals surface area (Å²) < 4.78 is 10.6. The highest BCUT2D eigenvalue weighted by Gasteiger charge is 2.16. The molecular formula is C40H74O5. The zero-order chi connectivity index (χ0) is 32.9. The molecule has 1 atom stereocenters. The monoisotopic (exact) mass is 635 g/mol. The largest absolute Gasteiger partial charge is 0.462 e. The molecule has 0 spiro atoms. The molecule has 0 aromatic rings. The summed E-state index contributed by atoms with van der Waals surface area (Å²) in [7, 11) is 0. The van der Waals surface area contributed by atoms with Crippen LogP contribution in [0.3, 0.4) is 0 Å². The Morgan fingerprint density at radius 3 is 1.36 bits per heavy atom. The second-order valence-electron chi connectivity index (χ2n) is 13.0. The number of aliphatic hydroxyl groups is 1. The average molecular weight is 635 g/mol. The standard InChI is InChI=1S/C40H74O5/c1-3-5-7-9-11-13-15-17-18-19-20-21-22-23-25-27-29-31-33-35-40(43)45-38(36-41)37-44-39(42)34-32-30-28-26-24-16-14-12-10-8-6-4-2/h11,13,17-18,38,41H,3-10,12,14-16,19-37H2,1-2H3/b13-11-,18-17-. The Morgan fingerprint density at radius 1 is 0.511 bits per heavy atom. The van der Waals surface area contributed by atoms with Gasteiger partial charge in [-0.15, -0.1) is 0 Å². The molecule has 0 bridgehead atoms. The van der Waals surface area contributed by atoms with Gasteiger partial charge in [0.1, 0.15) is 6.61 Å². The second kappa shape index (κ2) is 36.8. The van der Waals surface area contributed by atoms with Crippen LogP contribution in [0.4, 0.5) is 0 Å². The van der Waals surface area contributed by atoms with Gasteiger partial charge in [-0.3, -0.25) is 9.59 Å². The van der Waals surface area contributed by atoms with Crippen molar-refractivity contribution in [2.24, 2.45) is 0 Å². The number of carbonyl (C=O) groups excluding carboxylic acids is 2. The van der Waals surface area contributed by atoms with Crippen LogP contribution in [0.25, 0.3) is 0 Å². The lowest BCUT2D eigenvalue weighted by Gasteiger charge is -2.15. The van der Waals surface area contributed by atoms with Crippen LogP contribution < -0.4 is 0 Å². The Bertz CT molecular complexity index is 686. The molecule has 264 valence electrons. The summed E-state index contributed by atoms with van der Waals surface area (Å²) >= 11 is 0. The van der Waals surface area contributed by atoms with E-state index in [4.69, 9.17) is 9.47 Å². The number of hydrogen-bond donors (Lipinski definition) is 1. The first-order chi connectivity index (χ1) is 22.1. The lowest BCUT2D eigenvalue weighted by atomic mass is 10.0. The van der Waals surface area contributed by atoms with Crippen LogP contribution in [-0.2, 0) is 19.1 Å². The van der Waals surface area contributed by atoms with Crippen LogP contribution in [0.2, 0.25) is 0 Å². The van der Waals surface area contributed by atoms with E-state index in [-0.39, 0.29) is 25.2 Å². The summed E-state index contributed by atoms with van der Waals surface area (Å²) in [5.74, 6) is -0.590. The highest BCUT2D eigenvalue weighted by Crippen LogP contribution is 2.14. The number of unbranched alkanes of at least 4 members (excludes halogenated alkanes) is 23. The Labute approximate surface area is 279 Å². The van der Waals surface area contributed by atoms with E-state index in [1.807, 2.05) is 0 Å². The van der Waals surface area contributed by atoms with E-state index < -0.39 is 6.10 Å². The maximum absolute atomic E-state index is 12.2. The predicted molar refractivity (Wildman–Crippen MR) is 191 cm³/mol. The van der Waals surface area contributed by atoms with Gasteiger partial charge in [-0.1, -0.05) is 167 Å². The Hall–Kier alpha value is -1.62. The van der Waals surface area contributed by atoms with E-state index in [0.29, 0.717) is 12.8 Å². The van der Waals surface area contributed by atoms with Crippen LogP contribution in [-0.4, -0.2) is 36.4 Å². The third-order valence-corrected chi connectivity index (χ3v) is 8.50. The van der Waals surface area contributed by atoms with E-state index in [9.17, 15) is 14.7 Å². The van der Waals surface area contributed by atoms with E-state index in [0.717, 1.165) is 44.9 Å². The fraction of sp³-hybridized carbons (Fsp3) is 0.850. The summed E-state index contributed by atoms with van der Waals surface area (Å²) in [6, 6.07) is 0. The SMILES string of the molecule is CCCCC/C=C\C/C=C\CCCCCCCCCCCC(=O)OC(CO)COC(=O)CCCCCCCCCCCCCC.